The fourth-order valence-corrected chi connectivity index (χ4v) is 2.01. The van der Waals surface area contributed by atoms with E-state index >= 15 is 0 Å². The van der Waals surface area contributed by atoms with Crippen LogP contribution in [0.4, 0.5) is 0 Å². The molecule has 4 nitrogen and oxygen atoms in total. The predicted molar refractivity (Wildman–Crippen MR) is 61.0 cm³/mol. The van der Waals surface area contributed by atoms with Crippen molar-refractivity contribution in [1.82, 2.24) is 5.32 Å². The zero-order chi connectivity index (χ0) is 12.2. The number of nitrogens with one attached hydrogen (secondary N) is 1. The van der Waals surface area contributed by atoms with Crippen LogP contribution in [-0.2, 0) is 9.59 Å². The quantitative estimate of drug-likeness (QED) is 0.752. The second kappa shape index (κ2) is 5.32. The molecule has 1 aliphatic carbocycles. The van der Waals surface area contributed by atoms with Crippen LogP contribution in [-0.4, -0.2) is 23.5 Å². The summed E-state index contributed by atoms with van der Waals surface area (Å²) in [5.41, 5.74) is -0.972. The van der Waals surface area contributed by atoms with Gasteiger partial charge < -0.3 is 10.4 Å². The maximum Gasteiger partial charge on any atom is 0.309 e. The lowest BCUT2D eigenvalue weighted by Crippen LogP contribution is -2.35. The monoisotopic (exact) mass is 227 g/mol. The van der Waals surface area contributed by atoms with Crippen LogP contribution in [0.1, 0.15) is 46.0 Å². The minimum Gasteiger partial charge on any atom is -0.481 e. The second-order valence-corrected chi connectivity index (χ2v) is 5.32. The van der Waals surface area contributed by atoms with Crippen molar-refractivity contribution in [2.75, 3.05) is 6.54 Å². The standard InChI is InChI=1S/C12H21NO3/c1-12(2,11(15)16)7-10(14)13-8-9-5-3-4-6-9/h9H,3-8H2,1-2H3,(H,13,14)(H,15,16). The molecule has 0 aliphatic heterocycles. The van der Waals surface area contributed by atoms with E-state index in [-0.39, 0.29) is 12.3 Å². The number of hydrogen-bond donors (Lipinski definition) is 2. The maximum absolute atomic E-state index is 11.5. The highest BCUT2D eigenvalue weighted by Crippen LogP contribution is 2.24. The van der Waals surface area contributed by atoms with Crippen LogP contribution in [0.2, 0.25) is 0 Å². The molecule has 0 aromatic carbocycles. The van der Waals surface area contributed by atoms with Crippen molar-refractivity contribution in [3.8, 4) is 0 Å². The Morgan fingerprint density at radius 2 is 1.88 bits per heavy atom. The van der Waals surface area contributed by atoms with Crippen molar-refractivity contribution in [3.05, 3.63) is 0 Å². The van der Waals surface area contributed by atoms with E-state index in [9.17, 15) is 9.59 Å². The van der Waals surface area contributed by atoms with Crippen molar-refractivity contribution in [2.24, 2.45) is 11.3 Å². The molecule has 1 saturated carbocycles. The third-order valence-corrected chi connectivity index (χ3v) is 3.24. The van der Waals surface area contributed by atoms with Crippen molar-refractivity contribution in [2.45, 2.75) is 46.0 Å². The van der Waals surface area contributed by atoms with E-state index in [0.717, 1.165) is 0 Å². The molecule has 0 atom stereocenters. The molecule has 0 bridgehead atoms. The first-order valence-corrected chi connectivity index (χ1v) is 5.92. The van der Waals surface area contributed by atoms with Gasteiger partial charge in [0, 0.05) is 13.0 Å². The fourth-order valence-electron chi connectivity index (χ4n) is 2.01. The van der Waals surface area contributed by atoms with Gasteiger partial charge in [0.25, 0.3) is 0 Å². The lowest BCUT2D eigenvalue weighted by atomic mass is 9.89. The molecule has 2 N–H and O–H groups in total. The lowest BCUT2D eigenvalue weighted by Gasteiger charge is -2.19. The Hall–Kier alpha value is -1.06. The zero-order valence-electron chi connectivity index (χ0n) is 10.1. The van der Waals surface area contributed by atoms with E-state index in [4.69, 9.17) is 5.11 Å². The van der Waals surface area contributed by atoms with Crippen molar-refractivity contribution in [3.63, 3.8) is 0 Å². The number of carboxylic acid groups (broad SMARTS) is 1. The number of aliphatic carboxylic acids is 1. The molecule has 0 radical (unpaired) electrons. The largest absolute Gasteiger partial charge is 0.481 e. The maximum atomic E-state index is 11.5. The summed E-state index contributed by atoms with van der Waals surface area (Å²) in [6, 6.07) is 0. The van der Waals surface area contributed by atoms with E-state index in [1.54, 1.807) is 13.8 Å². The van der Waals surface area contributed by atoms with E-state index < -0.39 is 11.4 Å². The van der Waals surface area contributed by atoms with Gasteiger partial charge >= 0.3 is 5.97 Å². The molecule has 0 heterocycles. The minimum absolute atomic E-state index is 0.0506. The smallest absolute Gasteiger partial charge is 0.309 e. The summed E-state index contributed by atoms with van der Waals surface area (Å²) in [4.78, 5) is 22.4. The van der Waals surface area contributed by atoms with Crippen LogP contribution in [0.15, 0.2) is 0 Å². The van der Waals surface area contributed by atoms with Crippen LogP contribution in [0, 0.1) is 11.3 Å². The summed E-state index contributed by atoms with van der Waals surface area (Å²) in [7, 11) is 0. The third kappa shape index (κ3) is 3.83. The van der Waals surface area contributed by atoms with Crippen molar-refractivity contribution < 1.29 is 14.7 Å². The number of amides is 1. The van der Waals surface area contributed by atoms with Crippen LogP contribution >= 0.6 is 0 Å². The summed E-state index contributed by atoms with van der Waals surface area (Å²) in [5.74, 6) is -0.486. The van der Waals surface area contributed by atoms with Crippen molar-refractivity contribution >= 4 is 11.9 Å². The summed E-state index contributed by atoms with van der Waals surface area (Å²) in [6.45, 7) is 3.85. The molecule has 1 fully saturated rings. The van der Waals surface area contributed by atoms with E-state index in [0.29, 0.717) is 12.5 Å². The fraction of sp³-hybridized carbons (Fsp3) is 0.833. The minimum atomic E-state index is -0.972. The van der Waals surface area contributed by atoms with Gasteiger partial charge in [0.05, 0.1) is 5.41 Å². The highest BCUT2D eigenvalue weighted by molar-refractivity contribution is 5.84. The first kappa shape index (κ1) is 13.0. The van der Waals surface area contributed by atoms with Gasteiger partial charge in [0.15, 0.2) is 0 Å². The molecule has 0 aromatic rings. The molecule has 0 spiro atoms. The molecule has 16 heavy (non-hydrogen) atoms. The molecule has 0 unspecified atom stereocenters. The van der Waals surface area contributed by atoms with Crippen LogP contribution in [0.3, 0.4) is 0 Å². The molecule has 1 aliphatic rings. The van der Waals surface area contributed by atoms with E-state index in [2.05, 4.69) is 5.32 Å². The average Bonchev–Trinajstić information content (AvgIpc) is 2.66. The number of carbonyl (C=O) groups is 2. The van der Waals surface area contributed by atoms with Gasteiger partial charge in [-0.25, -0.2) is 0 Å². The van der Waals surface area contributed by atoms with Gasteiger partial charge in [-0.05, 0) is 32.6 Å². The average molecular weight is 227 g/mol. The SMILES string of the molecule is CC(C)(CC(=O)NCC1CCCC1)C(=O)O. The van der Waals surface area contributed by atoms with Gasteiger partial charge in [-0.15, -0.1) is 0 Å². The Morgan fingerprint density at radius 1 is 1.31 bits per heavy atom. The summed E-state index contributed by atoms with van der Waals surface area (Å²) >= 11 is 0. The van der Waals surface area contributed by atoms with Crippen LogP contribution in [0.25, 0.3) is 0 Å². The van der Waals surface area contributed by atoms with Gasteiger partial charge in [-0.2, -0.15) is 0 Å². The van der Waals surface area contributed by atoms with Crippen LogP contribution in [0.5, 0.6) is 0 Å². The van der Waals surface area contributed by atoms with E-state index in [1.807, 2.05) is 0 Å². The first-order valence-electron chi connectivity index (χ1n) is 5.92. The highest BCUT2D eigenvalue weighted by Gasteiger charge is 2.30. The van der Waals surface area contributed by atoms with E-state index in [1.165, 1.54) is 25.7 Å². The summed E-state index contributed by atoms with van der Waals surface area (Å²) < 4.78 is 0. The Morgan fingerprint density at radius 3 is 2.38 bits per heavy atom. The molecule has 1 rings (SSSR count). The first-order chi connectivity index (χ1) is 7.42. The Kier molecular flexibility index (Phi) is 4.33. The summed E-state index contributed by atoms with van der Waals surface area (Å²) in [5, 5.41) is 11.7. The topological polar surface area (TPSA) is 66.4 Å². The molecular weight excluding hydrogens is 206 g/mol. The Bertz CT molecular complexity index is 267. The Labute approximate surface area is 96.4 Å². The number of carbonyl (C=O) groups excluding carboxylic acids is 1. The van der Waals surface area contributed by atoms with Gasteiger partial charge in [-0.3, -0.25) is 9.59 Å². The zero-order valence-corrected chi connectivity index (χ0v) is 10.1. The third-order valence-electron chi connectivity index (χ3n) is 3.24. The predicted octanol–water partition coefficient (Wildman–Crippen LogP) is 1.79. The number of carboxylic acids is 1. The summed E-state index contributed by atoms with van der Waals surface area (Å²) in [6.07, 6.45) is 4.92. The molecule has 0 saturated heterocycles. The van der Waals surface area contributed by atoms with Gasteiger partial charge in [0.1, 0.15) is 0 Å². The molecule has 4 heteroatoms. The lowest BCUT2D eigenvalue weighted by molar-refractivity contribution is -0.149. The number of hydrogen-bond acceptors (Lipinski definition) is 2. The second-order valence-electron chi connectivity index (χ2n) is 5.32. The Balaban J connectivity index is 2.27. The molecule has 0 aromatic heterocycles. The highest BCUT2D eigenvalue weighted by atomic mass is 16.4. The molecule has 1 amide bonds. The van der Waals surface area contributed by atoms with Gasteiger partial charge in [0.2, 0.25) is 5.91 Å². The van der Waals surface area contributed by atoms with Gasteiger partial charge in [-0.1, -0.05) is 12.8 Å². The number of rotatable bonds is 5. The van der Waals surface area contributed by atoms with Crippen molar-refractivity contribution in [1.29, 1.82) is 0 Å². The normalized spacial score (nSPS) is 17.4. The molecule has 92 valence electrons. The molecular formula is C12H21NO3. The van der Waals surface area contributed by atoms with Crippen LogP contribution < -0.4 is 5.32 Å².